The zero-order valence-electron chi connectivity index (χ0n) is 18.9. The van der Waals surface area contributed by atoms with Gasteiger partial charge in [0, 0.05) is 31.4 Å². The highest BCUT2D eigenvalue weighted by Gasteiger charge is 2.28. The quantitative estimate of drug-likeness (QED) is 0.415. The number of H-pyrrole nitrogens is 1. The number of nitrogens with one attached hydrogen (secondary N) is 2. The highest BCUT2D eigenvalue weighted by molar-refractivity contribution is 5.90. The number of hydrogen-bond acceptors (Lipinski definition) is 7. The summed E-state index contributed by atoms with van der Waals surface area (Å²) in [6.07, 6.45) is 4.54. The van der Waals surface area contributed by atoms with E-state index >= 15 is 0 Å². The summed E-state index contributed by atoms with van der Waals surface area (Å²) in [4.78, 5) is 15.3. The van der Waals surface area contributed by atoms with Gasteiger partial charge >= 0.3 is 0 Å². The lowest BCUT2D eigenvalue weighted by Crippen LogP contribution is -2.42. The number of aromatic amines is 1. The Kier molecular flexibility index (Phi) is 5.70. The van der Waals surface area contributed by atoms with Crippen molar-refractivity contribution in [3.05, 3.63) is 53.9 Å². The van der Waals surface area contributed by atoms with Gasteiger partial charge in [-0.3, -0.25) is 5.10 Å². The molecule has 1 saturated heterocycles. The molecule has 1 aromatic carbocycles. The van der Waals surface area contributed by atoms with Gasteiger partial charge in [-0.1, -0.05) is 0 Å². The van der Waals surface area contributed by atoms with Crippen LogP contribution >= 0.6 is 0 Å². The molecule has 4 aromatic rings. The molecule has 34 heavy (non-hydrogen) atoms. The van der Waals surface area contributed by atoms with E-state index < -0.39 is 17.2 Å². The predicted molar refractivity (Wildman–Crippen MR) is 125 cm³/mol. The molecule has 0 radical (unpaired) electrons. The van der Waals surface area contributed by atoms with Crippen LogP contribution in [0.15, 0.2) is 36.7 Å². The summed E-state index contributed by atoms with van der Waals surface area (Å²) in [5.41, 5.74) is 1.83. The van der Waals surface area contributed by atoms with Crippen LogP contribution in [0.4, 0.5) is 14.6 Å². The van der Waals surface area contributed by atoms with Crippen molar-refractivity contribution in [1.29, 1.82) is 0 Å². The zero-order valence-corrected chi connectivity index (χ0v) is 18.9. The number of piperidine rings is 1. The van der Waals surface area contributed by atoms with E-state index in [0.717, 1.165) is 18.9 Å². The van der Waals surface area contributed by atoms with E-state index in [1.54, 1.807) is 13.2 Å². The summed E-state index contributed by atoms with van der Waals surface area (Å²) in [6.45, 7) is 3.66. The fourth-order valence-corrected chi connectivity index (χ4v) is 4.21. The van der Waals surface area contributed by atoms with Crippen LogP contribution < -0.4 is 10.2 Å². The Morgan fingerprint density at radius 3 is 2.50 bits per heavy atom. The topological polar surface area (TPSA) is 103 Å². The highest BCUT2D eigenvalue weighted by Crippen LogP contribution is 2.30. The van der Waals surface area contributed by atoms with Gasteiger partial charge in [-0.25, -0.2) is 23.7 Å². The normalized spacial score (nSPS) is 15.7. The molecule has 3 aromatic heterocycles. The second kappa shape index (κ2) is 8.69. The number of halogens is 2. The van der Waals surface area contributed by atoms with Crippen molar-refractivity contribution >= 4 is 16.9 Å². The summed E-state index contributed by atoms with van der Waals surface area (Å²) < 4.78 is 29.5. The Morgan fingerprint density at radius 2 is 1.85 bits per heavy atom. The van der Waals surface area contributed by atoms with Crippen LogP contribution in [0.25, 0.3) is 33.7 Å². The van der Waals surface area contributed by atoms with Crippen molar-refractivity contribution in [3.8, 4) is 22.6 Å². The van der Waals surface area contributed by atoms with E-state index in [9.17, 15) is 13.9 Å². The minimum atomic E-state index is -0.721. The number of fused-ring (bicyclic) bond motifs is 1. The molecule has 5 rings (SSSR count). The predicted octanol–water partition coefficient (Wildman–Crippen LogP) is 3.43. The van der Waals surface area contributed by atoms with Crippen LogP contribution in [-0.2, 0) is 6.54 Å². The van der Waals surface area contributed by atoms with E-state index in [4.69, 9.17) is 0 Å². The third kappa shape index (κ3) is 4.22. The SMILES string of the molecule is CNCc1cc(F)c(-c2ncc3[nH]nc(-c4ccc(N5CCC(C)(O)CC5)nc4)c3n2)c(F)c1. The average molecular weight is 466 g/mol. The summed E-state index contributed by atoms with van der Waals surface area (Å²) in [5, 5.41) is 20.2. The van der Waals surface area contributed by atoms with Crippen molar-refractivity contribution in [2.75, 3.05) is 25.0 Å². The molecule has 4 heterocycles. The summed E-state index contributed by atoms with van der Waals surface area (Å²) >= 11 is 0. The third-order valence-corrected chi connectivity index (χ3v) is 6.19. The first-order valence-corrected chi connectivity index (χ1v) is 11.1. The lowest BCUT2D eigenvalue weighted by molar-refractivity contribution is 0.0350. The summed E-state index contributed by atoms with van der Waals surface area (Å²) in [6, 6.07) is 6.35. The molecule has 1 aliphatic rings. The molecule has 1 aliphatic heterocycles. The van der Waals surface area contributed by atoms with Gasteiger partial charge < -0.3 is 15.3 Å². The molecule has 176 valence electrons. The molecular formula is C24H25F2N7O. The molecule has 0 bridgehead atoms. The fraction of sp³-hybridized carbons (Fsp3) is 0.333. The zero-order chi connectivity index (χ0) is 23.9. The second-order valence-electron chi connectivity index (χ2n) is 8.88. The van der Waals surface area contributed by atoms with Crippen molar-refractivity contribution in [1.82, 2.24) is 30.5 Å². The van der Waals surface area contributed by atoms with Gasteiger partial charge in [-0.2, -0.15) is 5.10 Å². The molecule has 0 aliphatic carbocycles. The molecule has 0 spiro atoms. The summed E-state index contributed by atoms with van der Waals surface area (Å²) in [5.74, 6) is -0.673. The van der Waals surface area contributed by atoms with E-state index in [1.165, 1.54) is 18.3 Å². The van der Waals surface area contributed by atoms with Crippen LogP contribution in [0, 0.1) is 11.6 Å². The maximum Gasteiger partial charge on any atom is 0.165 e. The molecule has 0 amide bonds. The number of nitrogens with zero attached hydrogens (tertiary/aromatic N) is 5. The van der Waals surface area contributed by atoms with Crippen LogP contribution in [0.2, 0.25) is 0 Å². The Bertz CT molecular complexity index is 1300. The van der Waals surface area contributed by atoms with Crippen molar-refractivity contribution in [2.24, 2.45) is 0 Å². The number of rotatable bonds is 5. The van der Waals surface area contributed by atoms with Gasteiger partial charge in [0.25, 0.3) is 0 Å². The molecule has 1 fully saturated rings. The van der Waals surface area contributed by atoms with Crippen molar-refractivity contribution in [2.45, 2.75) is 31.9 Å². The Balaban J connectivity index is 1.46. The van der Waals surface area contributed by atoms with E-state index in [-0.39, 0.29) is 11.4 Å². The van der Waals surface area contributed by atoms with Crippen LogP contribution in [0.1, 0.15) is 25.3 Å². The number of anilines is 1. The molecule has 0 saturated carbocycles. The monoisotopic (exact) mass is 465 g/mol. The van der Waals surface area contributed by atoms with Gasteiger partial charge in [-0.15, -0.1) is 0 Å². The van der Waals surface area contributed by atoms with E-state index in [1.807, 2.05) is 19.1 Å². The smallest absolute Gasteiger partial charge is 0.165 e. The Morgan fingerprint density at radius 1 is 1.12 bits per heavy atom. The standard InChI is InChI=1S/C24H25F2N7O/c1-24(34)5-7-33(8-6-24)19-4-3-15(12-28-19)21-22-18(31-32-21)13-29-23(30-22)20-16(25)9-14(11-27-2)10-17(20)26/h3-4,9-10,12-13,27,34H,5-8,11H2,1-2H3,(H,31,32). The average Bonchev–Trinajstić information content (AvgIpc) is 3.22. The minimum Gasteiger partial charge on any atom is -0.390 e. The van der Waals surface area contributed by atoms with Gasteiger partial charge in [0.15, 0.2) is 5.82 Å². The van der Waals surface area contributed by atoms with E-state index in [0.29, 0.717) is 47.2 Å². The minimum absolute atomic E-state index is 0.0499. The lowest BCUT2D eigenvalue weighted by Gasteiger charge is -2.36. The molecule has 0 unspecified atom stereocenters. The first kappa shape index (κ1) is 22.3. The van der Waals surface area contributed by atoms with E-state index in [2.05, 4.69) is 35.4 Å². The first-order chi connectivity index (χ1) is 16.3. The lowest BCUT2D eigenvalue weighted by atomic mass is 9.94. The van der Waals surface area contributed by atoms with Crippen LogP contribution in [-0.4, -0.2) is 56.0 Å². The largest absolute Gasteiger partial charge is 0.390 e. The number of hydrogen-bond donors (Lipinski definition) is 3. The number of aromatic nitrogens is 5. The number of aliphatic hydroxyl groups is 1. The van der Waals surface area contributed by atoms with Crippen molar-refractivity contribution < 1.29 is 13.9 Å². The number of pyridine rings is 1. The maximum absolute atomic E-state index is 14.7. The fourth-order valence-electron chi connectivity index (χ4n) is 4.21. The van der Waals surface area contributed by atoms with Crippen molar-refractivity contribution in [3.63, 3.8) is 0 Å². The van der Waals surface area contributed by atoms with Crippen LogP contribution in [0.3, 0.4) is 0 Å². The third-order valence-electron chi connectivity index (χ3n) is 6.19. The van der Waals surface area contributed by atoms with Gasteiger partial charge in [0.1, 0.15) is 34.2 Å². The van der Waals surface area contributed by atoms with Gasteiger partial charge in [0.2, 0.25) is 0 Å². The van der Waals surface area contributed by atoms with Gasteiger partial charge in [0.05, 0.1) is 17.4 Å². The van der Waals surface area contributed by atoms with Crippen LogP contribution in [0.5, 0.6) is 0 Å². The Hall–Kier alpha value is -3.50. The first-order valence-electron chi connectivity index (χ1n) is 11.1. The van der Waals surface area contributed by atoms with Gasteiger partial charge in [-0.05, 0) is 56.6 Å². The Labute approximate surface area is 195 Å². The highest BCUT2D eigenvalue weighted by atomic mass is 19.1. The molecular weight excluding hydrogens is 440 g/mol. The number of benzene rings is 1. The summed E-state index contributed by atoms with van der Waals surface area (Å²) in [7, 11) is 1.71. The molecule has 0 atom stereocenters. The molecule has 10 heteroatoms. The molecule has 3 N–H and O–H groups in total. The maximum atomic E-state index is 14.7. The second-order valence-corrected chi connectivity index (χ2v) is 8.88. The molecule has 8 nitrogen and oxygen atoms in total.